The number of hydrazone groups is 1. The Kier molecular flexibility index (Phi) is 10.2. The number of benzene rings is 2. The summed E-state index contributed by atoms with van der Waals surface area (Å²) in [4.78, 5) is 10.2. The summed E-state index contributed by atoms with van der Waals surface area (Å²) in [5.41, 5.74) is 4.41. The minimum Gasteiger partial charge on any atom is -0.493 e. The molecule has 0 unspecified atom stereocenters. The van der Waals surface area contributed by atoms with Gasteiger partial charge in [0.05, 0.1) is 30.5 Å². The molecule has 0 aromatic heterocycles. The lowest BCUT2D eigenvalue weighted by Gasteiger charge is -2.11. The maximum absolute atomic E-state index is 10.7. The van der Waals surface area contributed by atoms with Crippen molar-refractivity contribution in [2.45, 2.75) is 51.9 Å². The Hall–Kier alpha value is -3.09. The lowest BCUT2D eigenvalue weighted by Crippen LogP contribution is -2.00. The van der Waals surface area contributed by atoms with Crippen molar-refractivity contribution in [3.05, 3.63) is 58.1 Å². The Bertz CT molecular complexity index is 807. The SMILES string of the molecule is CCCCCCCCCOc1ccc(/C=N/Nc2ccc([N+](=O)[O-])cc2)cc1OC. The molecule has 0 atom stereocenters. The molecule has 0 amide bonds. The van der Waals surface area contributed by atoms with Crippen LogP contribution in [0.3, 0.4) is 0 Å². The van der Waals surface area contributed by atoms with Crippen LogP contribution < -0.4 is 14.9 Å². The van der Waals surface area contributed by atoms with Crippen LogP contribution in [-0.4, -0.2) is 24.9 Å². The molecule has 0 radical (unpaired) electrons. The van der Waals surface area contributed by atoms with Gasteiger partial charge in [0.2, 0.25) is 0 Å². The molecule has 7 heteroatoms. The standard InChI is InChI=1S/C23H31N3O4/c1-3-4-5-6-7-8-9-16-30-22-15-10-19(17-23(22)29-2)18-24-25-20-11-13-21(14-12-20)26(27)28/h10-15,17-18,25H,3-9,16H2,1-2H3/b24-18+. The van der Waals surface area contributed by atoms with Crippen LogP contribution in [0.2, 0.25) is 0 Å². The Balaban J connectivity index is 1.80. The molecule has 2 aromatic rings. The van der Waals surface area contributed by atoms with Crippen LogP contribution in [0.15, 0.2) is 47.6 Å². The summed E-state index contributed by atoms with van der Waals surface area (Å²) < 4.78 is 11.3. The predicted molar refractivity (Wildman–Crippen MR) is 121 cm³/mol. The van der Waals surface area contributed by atoms with Crippen molar-refractivity contribution in [2.75, 3.05) is 19.1 Å². The molecule has 0 aliphatic rings. The second-order valence-corrected chi connectivity index (χ2v) is 7.05. The molecule has 0 heterocycles. The number of nitrogens with one attached hydrogen (secondary N) is 1. The fraction of sp³-hybridized carbons (Fsp3) is 0.435. The maximum Gasteiger partial charge on any atom is 0.269 e. The molecule has 7 nitrogen and oxygen atoms in total. The highest BCUT2D eigenvalue weighted by molar-refractivity contribution is 5.81. The fourth-order valence-electron chi connectivity index (χ4n) is 2.96. The highest BCUT2D eigenvalue weighted by Gasteiger charge is 2.06. The summed E-state index contributed by atoms with van der Waals surface area (Å²) in [5.74, 6) is 1.39. The third-order valence-electron chi connectivity index (χ3n) is 4.68. The van der Waals surface area contributed by atoms with Gasteiger partial charge in [0.1, 0.15) is 0 Å². The molecular weight excluding hydrogens is 382 g/mol. The Morgan fingerprint density at radius 2 is 1.70 bits per heavy atom. The van der Waals surface area contributed by atoms with Crippen molar-refractivity contribution in [2.24, 2.45) is 5.10 Å². The van der Waals surface area contributed by atoms with Crippen molar-refractivity contribution in [1.82, 2.24) is 0 Å². The summed E-state index contributed by atoms with van der Waals surface area (Å²) in [6.07, 6.45) is 10.4. The van der Waals surface area contributed by atoms with Crippen molar-refractivity contribution >= 4 is 17.6 Å². The number of ether oxygens (including phenoxy) is 2. The fourth-order valence-corrected chi connectivity index (χ4v) is 2.96. The monoisotopic (exact) mass is 413 g/mol. The molecule has 0 bridgehead atoms. The first-order valence-corrected chi connectivity index (χ1v) is 10.5. The van der Waals surface area contributed by atoms with Crippen LogP contribution in [0.1, 0.15) is 57.4 Å². The topological polar surface area (TPSA) is 86.0 Å². The number of methoxy groups -OCH3 is 1. The van der Waals surface area contributed by atoms with Gasteiger partial charge in [-0.25, -0.2) is 0 Å². The van der Waals surface area contributed by atoms with Gasteiger partial charge in [-0.15, -0.1) is 0 Å². The van der Waals surface area contributed by atoms with E-state index in [0.717, 1.165) is 17.7 Å². The summed E-state index contributed by atoms with van der Waals surface area (Å²) in [6.45, 7) is 2.91. The summed E-state index contributed by atoms with van der Waals surface area (Å²) in [7, 11) is 1.62. The molecular formula is C23H31N3O4. The number of nitro benzene ring substituents is 1. The molecule has 0 aliphatic heterocycles. The third kappa shape index (κ3) is 8.11. The summed E-state index contributed by atoms with van der Waals surface area (Å²) >= 11 is 0. The highest BCUT2D eigenvalue weighted by Crippen LogP contribution is 2.28. The van der Waals surface area contributed by atoms with Gasteiger partial charge in [-0.05, 0) is 42.3 Å². The van der Waals surface area contributed by atoms with E-state index in [1.54, 1.807) is 25.5 Å². The zero-order chi connectivity index (χ0) is 21.6. The third-order valence-corrected chi connectivity index (χ3v) is 4.68. The van der Waals surface area contributed by atoms with E-state index < -0.39 is 4.92 Å². The molecule has 0 spiro atoms. The van der Waals surface area contributed by atoms with E-state index >= 15 is 0 Å². The van der Waals surface area contributed by atoms with Gasteiger partial charge in [-0.3, -0.25) is 15.5 Å². The number of hydrogen-bond donors (Lipinski definition) is 1. The van der Waals surface area contributed by atoms with Gasteiger partial charge in [-0.2, -0.15) is 5.10 Å². The molecule has 1 N–H and O–H groups in total. The van der Waals surface area contributed by atoms with Crippen LogP contribution >= 0.6 is 0 Å². The minimum absolute atomic E-state index is 0.0429. The van der Waals surface area contributed by atoms with Crippen molar-refractivity contribution in [3.8, 4) is 11.5 Å². The normalized spacial score (nSPS) is 10.9. The van der Waals surface area contributed by atoms with Crippen LogP contribution in [0, 0.1) is 10.1 Å². The Morgan fingerprint density at radius 3 is 2.37 bits per heavy atom. The van der Waals surface area contributed by atoms with Gasteiger partial charge in [0, 0.05) is 12.1 Å². The quantitative estimate of drug-likeness (QED) is 0.173. The van der Waals surface area contributed by atoms with Gasteiger partial charge >= 0.3 is 0 Å². The number of unbranched alkanes of at least 4 members (excludes halogenated alkanes) is 6. The number of non-ortho nitro benzene ring substituents is 1. The largest absolute Gasteiger partial charge is 0.493 e. The van der Waals surface area contributed by atoms with E-state index in [2.05, 4.69) is 17.5 Å². The molecule has 162 valence electrons. The number of anilines is 1. The Morgan fingerprint density at radius 1 is 1.00 bits per heavy atom. The number of nitrogens with zero attached hydrogens (tertiary/aromatic N) is 2. The van der Waals surface area contributed by atoms with Crippen LogP contribution in [0.5, 0.6) is 11.5 Å². The van der Waals surface area contributed by atoms with Crippen molar-refractivity contribution in [3.63, 3.8) is 0 Å². The zero-order valence-corrected chi connectivity index (χ0v) is 17.8. The van der Waals surface area contributed by atoms with E-state index in [0.29, 0.717) is 18.0 Å². The van der Waals surface area contributed by atoms with Gasteiger partial charge in [0.25, 0.3) is 5.69 Å². The Labute approximate surface area is 178 Å². The smallest absolute Gasteiger partial charge is 0.269 e. The number of rotatable bonds is 14. The van der Waals surface area contributed by atoms with Crippen molar-refractivity contribution < 1.29 is 14.4 Å². The second-order valence-electron chi connectivity index (χ2n) is 7.05. The van der Waals surface area contributed by atoms with Gasteiger partial charge < -0.3 is 9.47 Å². The second kappa shape index (κ2) is 13.2. The molecule has 2 aromatic carbocycles. The molecule has 0 aliphatic carbocycles. The van der Waals surface area contributed by atoms with E-state index in [-0.39, 0.29) is 5.69 Å². The average Bonchev–Trinajstić information content (AvgIpc) is 2.76. The highest BCUT2D eigenvalue weighted by atomic mass is 16.6. The van der Waals surface area contributed by atoms with Crippen molar-refractivity contribution in [1.29, 1.82) is 0 Å². The lowest BCUT2D eigenvalue weighted by atomic mass is 10.1. The molecule has 0 saturated carbocycles. The first kappa shape index (κ1) is 23.2. The maximum atomic E-state index is 10.7. The first-order valence-electron chi connectivity index (χ1n) is 10.5. The lowest BCUT2D eigenvalue weighted by molar-refractivity contribution is -0.384. The van der Waals surface area contributed by atoms with E-state index in [9.17, 15) is 10.1 Å². The molecule has 2 rings (SSSR count). The predicted octanol–water partition coefficient (Wildman–Crippen LogP) is 6.18. The number of hydrogen-bond acceptors (Lipinski definition) is 6. The van der Waals surface area contributed by atoms with Crippen LogP contribution in [-0.2, 0) is 0 Å². The van der Waals surface area contributed by atoms with E-state index in [1.165, 1.54) is 50.7 Å². The first-order chi connectivity index (χ1) is 14.6. The zero-order valence-electron chi connectivity index (χ0n) is 17.8. The summed E-state index contributed by atoms with van der Waals surface area (Å²) in [6, 6.07) is 11.7. The van der Waals surface area contributed by atoms with E-state index in [1.807, 2.05) is 18.2 Å². The molecule has 0 saturated heterocycles. The molecule has 30 heavy (non-hydrogen) atoms. The van der Waals surface area contributed by atoms with E-state index in [4.69, 9.17) is 9.47 Å². The average molecular weight is 414 g/mol. The summed E-state index contributed by atoms with van der Waals surface area (Å²) in [5, 5.41) is 14.8. The van der Waals surface area contributed by atoms with Gasteiger partial charge in [-0.1, -0.05) is 45.4 Å². The van der Waals surface area contributed by atoms with Crippen LogP contribution in [0.25, 0.3) is 0 Å². The van der Waals surface area contributed by atoms with Crippen LogP contribution in [0.4, 0.5) is 11.4 Å². The number of nitro groups is 1. The van der Waals surface area contributed by atoms with Gasteiger partial charge in [0.15, 0.2) is 11.5 Å². The minimum atomic E-state index is -0.434. The molecule has 0 fully saturated rings.